The summed E-state index contributed by atoms with van der Waals surface area (Å²) in [7, 11) is 0. The summed E-state index contributed by atoms with van der Waals surface area (Å²) in [6.45, 7) is 4.81. The van der Waals surface area contributed by atoms with Gasteiger partial charge in [-0.1, -0.05) is 172 Å². The van der Waals surface area contributed by atoms with Crippen LogP contribution in [0.5, 0.6) is 0 Å². The zero-order valence-electron chi connectivity index (χ0n) is 30.8. The quantitative estimate of drug-likeness (QED) is 0.177. The standard InChI is InChI=1S/C54H37N/c1-53(2)48-31-28-34-16-6-7-19-37(34)51(48)44-33-50(42-23-8-9-24-43(42)52(44)53)55(35-17-4-3-5-18-35)36-29-30-41-40-22-12-15-27-47(40)54(49(41)32-36)45-25-13-10-20-38(45)39-21-11-14-26-46(39)54/h3-33H,1-2H3. The molecule has 0 saturated heterocycles. The molecular weight excluding hydrogens is 663 g/mol. The molecule has 0 saturated carbocycles. The van der Waals surface area contributed by atoms with E-state index in [9.17, 15) is 0 Å². The van der Waals surface area contributed by atoms with Gasteiger partial charge in [-0.3, -0.25) is 0 Å². The smallest absolute Gasteiger partial charge is 0.0726 e. The van der Waals surface area contributed by atoms with Crippen LogP contribution >= 0.6 is 0 Å². The van der Waals surface area contributed by atoms with Gasteiger partial charge in [0, 0.05) is 22.2 Å². The average Bonchev–Trinajstić information content (AvgIpc) is 3.80. The number of benzene rings is 9. The first-order valence-electron chi connectivity index (χ1n) is 19.4. The maximum absolute atomic E-state index is 2.52. The highest BCUT2D eigenvalue weighted by molar-refractivity contribution is 6.12. The summed E-state index contributed by atoms with van der Waals surface area (Å²) >= 11 is 0. The lowest BCUT2D eigenvalue weighted by Crippen LogP contribution is -2.26. The zero-order chi connectivity index (χ0) is 36.5. The molecule has 55 heavy (non-hydrogen) atoms. The van der Waals surface area contributed by atoms with Crippen molar-refractivity contribution in [2.24, 2.45) is 0 Å². The van der Waals surface area contributed by atoms with Crippen LogP contribution in [0.25, 0.3) is 54.9 Å². The highest BCUT2D eigenvalue weighted by atomic mass is 15.1. The van der Waals surface area contributed by atoms with Gasteiger partial charge in [0.25, 0.3) is 0 Å². The molecule has 0 bridgehead atoms. The van der Waals surface area contributed by atoms with E-state index in [1.807, 2.05) is 0 Å². The van der Waals surface area contributed by atoms with E-state index < -0.39 is 5.41 Å². The van der Waals surface area contributed by atoms with Crippen molar-refractivity contribution in [1.29, 1.82) is 0 Å². The van der Waals surface area contributed by atoms with Crippen LogP contribution in [0.15, 0.2) is 188 Å². The second kappa shape index (κ2) is 10.9. The van der Waals surface area contributed by atoms with Crippen molar-refractivity contribution in [2.45, 2.75) is 24.7 Å². The van der Waals surface area contributed by atoms with E-state index >= 15 is 0 Å². The van der Waals surface area contributed by atoms with Gasteiger partial charge >= 0.3 is 0 Å². The van der Waals surface area contributed by atoms with Crippen LogP contribution in [0, 0.1) is 0 Å². The number of para-hydroxylation sites is 1. The van der Waals surface area contributed by atoms with Gasteiger partial charge in [-0.05, 0) is 113 Å². The second-order valence-electron chi connectivity index (χ2n) is 16.0. The Labute approximate surface area is 321 Å². The number of anilines is 3. The molecule has 0 amide bonds. The number of rotatable bonds is 3. The van der Waals surface area contributed by atoms with Crippen molar-refractivity contribution < 1.29 is 0 Å². The molecule has 1 nitrogen and oxygen atoms in total. The van der Waals surface area contributed by atoms with Crippen molar-refractivity contribution in [3.8, 4) is 33.4 Å². The molecular formula is C54H37N. The van der Waals surface area contributed by atoms with Crippen LogP contribution in [0.4, 0.5) is 17.1 Å². The third-order valence-electron chi connectivity index (χ3n) is 13.0. The van der Waals surface area contributed by atoms with Gasteiger partial charge < -0.3 is 4.90 Å². The fourth-order valence-corrected chi connectivity index (χ4v) is 10.9. The predicted molar refractivity (Wildman–Crippen MR) is 230 cm³/mol. The van der Waals surface area contributed by atoms with Gasteiger partial charge in [0.2, 0.25) is 0 Å². The van der Waals surface area contributed by atoms with Gasteiger partial charge in [0.1, 0.15) is 0 Å². The monoisotopic (exact) mass is 699 g/mol. The van der Waals surface area contributed by atoms with E-state index in [4.69, 9.17) is 0 Å². The summed E-state index contributed by atoms with van der Waals surface area (Å²) in [6.07, 6.45) is 0. The van der Waals surface area contributed by atoms with E-state index in [0.717, 1.165) is 11.4 Å². The second-order valence-corrected chi connectivity index (χ2v) is 16.0. The third-order valence-corrected chi connectivity index (χ3v) is 13.0. The molecule has 0 heterocycles. The van der Waals surface area contributed by atoms with Gasteiger partial charge in [-0.25, -0.2) is 0 Å². The summed E-state index contributed by atoms with van der Waals surface area (Å²) in [5.41, 5.74) is 19.1. The lowest BCUT2D eigenvalue weighted by Gasteiger charge is -2.33. The minimum atomic E-state index is -0.417. The van der Waals surface area contributed by atoms with Crippen LogP contribution < -0.4 is 4.90 Å². The Bertz CT molecular complexity index is 3010. The van der Waals surface area contributed by atoms with Gasteiger partial charge in [-0.2, -0.15) is 0 Å². The largest absolute Gasteiger partial charge is 0.310 e. The highest BCUT2D eigenvalue weighted by Crippen LogP contribution is 2.64. The van der Waals surface area contributed by atoms with E-state index in [1.165, 1.54) is 94.0 Å². The fraction of sp³-hybridized carbons (Fsp3) is 0.0741. The minimum Gasteiger partial charge on any atom is -0.310 e. The maximum Gasteiger partial charge on any atom is 0.0726 e. The number of hydrogen-bond donors (Lipinski definition) is 0. The topological polar surface area (TPSA) is 3.24 Å². The molecule has 3 aliphatic rings. The molecule has 3 aliphatic carbocycles. The molecule has 9 aromatic carbocycles. The average molecular weight is 700 g/mol. The molecule has 1 heteroatoms. The van der Waals surface area contributed by atoms with Crippen molar-refractivity contribution in [3.05, 3.63) is 221 Å². The molecule has 0 atom stereocenters. The van der Waals surface area contributed by atoms with Crippen LogP contribution in [0.2, 0.25) is 0 Å². The first-order valence-corrected chi connectivity index (χ1v) is 19.4. The van der Waals surface area contributed by atoms with Gasteiger partial charge in [0.15, 0.2) is 0 Å². The Morgan fingerprint density at radius 2 is 0.909 bits per heavy atom. The lowest BCUT2D eigenvalue weighted by molar-refractivity contribution is 0.667. The normalized spacial score (nSPS) is 14.7. The van der Waals surface area contributed by atoms with Crippen LogP contribution in [0.3, 0.4) is 0 Å². The highest BCUT2D eigenvalue weighted by Gasteiger charge is 2.51. The Balaban J connectivity index is 1.18. The molecule has 0 radical (unpaired) electrons. The van der Waals surface area contributed by atoms with Gasteiger partial charge in [0.05, 0.1) is 11.1 Å². The molecule has 1 spiro atoms. The number of fused-ring (bicyclic) bond motifs is 17. The zero-order valence-corrected chi connectivity index (χ0v) is 30.8. The Hall–Kier alpha value is -6.70. The first-order chi connectivity index (χ1) is 27.1. The van der Waals surface area contributed by atoms with Crippen molar-refractivity contribution in [3.63, 3.8) is 0 Å². The van der Waals surface area contributed by atoms with Gasteiger partial charge in [-0.15, -0.1) is 0 Å². The lowest BCUT2D eigenvalue weighted by atomic mass is 9.70. The summed E-state index contributed by atoms with van der Waals surface area (Å²) in [5, 5.41) is 5.16. The summed E-state index contributed by atoms with van der Waals surface area (Å²) in [4.78, 5) is 2.52. The Morgan fingerprint density at radius 3 is 1.58 bits per heavy atom. The number of nitrogens with zero attached hydrogens (tertiary/aromatic N) is 1. The van der Waals surface area contributed by atoms with Crippen molar-refractivity contribution in [2.75, 3.05) is 4.90 Å². The Morgan fingerprint density at radius 1 is 0.364 bits per heavy atom. The van der Waals surface area contributed by atoms with Crippen LogP contribution in [-0.2, 0) is 10.8 Å². The molecule has 0 fully saturated rings. The molecule has 9 aromatic rings. The molecule has 12 rings (SSSR count). The van der Waals surface area contributed by atoms with E-state index in [-0.39, 0.29) is 5.41 Å². The molecule has 0 unspecified atom stereocenters. The molecule has 0 aliphatic heterocycles. The molecule has 0 aromatic heterocycles. The summed E-state index contributed by atoms with van der Waals surface area (Å²) in [6, 6.07) is 70.6. The van der Waals surface area contributed by atoms with Crippen LogP contribution in [0.1, 0.15) is 47.2 Å². The Kier molecular flexibility index (Phi) is 6.11. The fourth-order valence-electron chi connectivity index (χ4n) is 10.9. The van der Waals surface area contributed by atoms with Crippen molar-refractivity contribution in [1.82, 2.24) is 0 Å². The first kappa shape index (κ1) is 30.7. The third kappa shape index (κ3) is 3.87. The predicted octanol–water partition coefficient (Wildman–Crippen LogP) is 14.1. The van der Waals surface area contributed by atoms with Crippen molar-refractivity contribution >= 4 is 38.6 Å². The minimum absolute atomic E-state index is 0.153. The number of hydrogen-bond acceptors (Lipinski definition) is 1. The summed E-state index contributed by atoms with van der Waals surface area (Å²) < 4.78 is 0. The molecule has 0 N–H and O–H groups in total. The summed E-state index contributed by atoms with van der Waals surface area (Å²) in [5.74, 6) is 0. The van der Waals surface area contributed by atoms with Crippen LogP contribution in [-0.4, -0.2) is 0 Å². The van der Waals surface area contributed by atoms with E-state index in [2.05, 4.69) is 207 Å². The van der Waals surface area contributed by atoms with E-state index in [0.29, 0.717) is 0 Å². The molecule has 258 valence electrons. The van der Waals surface area contributed by atoms with E-state index in [1.54, 1.807) is 0 Å². The SMILES string of the molecule is CC1(C)c2ccc3ccccc3c2-c2cc(N(c3ccccc3)c3ccc4c(c3)C3(c5ccccc5-c5ccccc53)c3ccccc3-4)c3ccccc3c21. The maximum atomic E-state index is 2.52.